The summed E-state index contributed by atoms with van der Waals surface area (Å²) in [6.45, 7) is 9.14. The van der Waals surface area contributed by atoms with E-state index in [9.17, 15) is 0 Å². The first kappa shape index (κ1) is 69.8. The summed E-state index contributed by atoms with van der Waals surface area (Å²) in [5.41, 5.74) is 11.3. The highest BCUT2D eigenvalue weighted by atomic mass is 14.3. The molecule has 5 aromatic carbocycles. The van der Waals surface area contributed by atoms with Crippen molar-refractivity contribution in [3.8, 4) is 35.4 Å². The van der Waals surface area contributed by atoms with Gasteiger partial charge >= 0.3 is 0 Å². The van der Waals surface area contributed by atoms with Crippen molar-refractivity contribution in [2.75, 3.05) is 0 Å². The fourth-order valence-electron chi connectivity index (χ4n) is 14.5. The molecule has 9 rings (SSSR count). The second-order valence-corrected chi connectivity index (χ2v) is 26.1. The Labute approximate surface area is 520 Å². The lowest BCUT2D eigenvalue weighted by Crippen LogP contribution is -2.13. The number of unbranched alkanes of at least 4 members (excludes halogenated alkanes) is 10. The predicted octanol–water partition coefficient (Wildman–Crippen LogP) is 24.7. The second kappa shape index (κ2) is 41.2. The highest BCUT2D eigenvalue weighted by molar-refractivity contribution is 5.64. The third-order valence-electron chi connectivity index (χ3n) is 20.0. The Morgan fingerprint density at radius 3 is 0.729 bits per heavy atom. The van der Waals surface area contributed by atoms with Crippen molar-refractivity contribution in [3.63, 3.8) is 0 Å². The van der Waals surface area contributed by atoms with Gasteiger partial charge in [-0.15, -0.1) is 0 Å². The van der Waals surface area contributed by atoms with E-state index in [-0.39, 0.29) is 7.43 Å². The van der Waals surface area contributed by atoms with E-state index < -0.39 is 0 Å². The van der Waals surface area contributed by atoms with E-state index in [4.69, 9.17) is 21.0 Å². The summed E-state index contributed by atoms with van der Waals surface area (Å²) in [6.07, 6.45) is 47.2. The fourth-order valence-corrected chi connectivity index (χ4v) is 14.5. The highest BCUT2D eigenvalue weighted by Gasteiger charge is 2.25. The molecule has 0 spiro atoms. The first-order valence-corrected chi connectivity index (χ1v) is 34.4. The van der Waals surface area contributed by atoms with Gasteiger partial charge in [0.1, 0.15) is 0 Å². The quantitative estimate of drug-likeness (QED) is 0.0609. The van der Waals surface area contributed by atoms with Crippen molar-refractivity contribution >= 4 is 0 Å². The van der Waals surface area contributed by atoms with Crippen LogP contribution in [0.3, 0.4) is 0 Å². The molecular formula is C81H112N4. The van der Waals surface area contributed by atoms with Crippen molar-refractivity contribution in [2.45, 2.75) is 277 Å². The molecule has 4 fully saturated rings. The number of benzene rings is 5. The average Bonchev–Trinajstić information content (AvgIpc) is 3.76. The van der Waals surface area contributed by atoms with Crippen LogP contribution in [0.15, 0.2) is 121 Å². The van der Waals surface area contributed by atoms with E-state index in [2.05, 4.69) is 113 Å². The lowest BCUT2D eigenvalue weighted by molar-refractivity contribution is 0.302. The van der Waals surface area contributed by atoms with Crippen LogP contribution in [0.4, 0.5) is 0 Å². The van der Waals surface area contributed by atoms with Gasteiger partial charge in [0.05, 0.1) is 46.5 Å². The molecular weight excluding hydrogens is 1030 g/mol. The van der Waals surface area contributed by atoms with Crippen molar-refractivity contribution in [1.29, 1.82) is 21.0 Å². The van der Waals surface area contributed by atoms with Crippen LogP contribution in [0.25, 0.3) is 11.1 Å². The zero-order valence-corrected chi connectivity index (χ0v) is 53.0. The molecule has 456 valence electrons. The van der Waals surface area contributed by atoms with Gasteiger partial charge in [-0.3, -0.25) is 0 Å². The van der Waals surface area contributed by atoms with Crippen molar-refractivity contribution in [2.24, 2.45) is 23.7 Å². The summed E-state index contributed by atoms with van der Waals surface area (Å²) in [5, 5.41) is 35.4. The molecule has 4 aliphatic carbocycles. The fraction of sp³-hybridized carbons (Fsp3) is 0.580. The average molecular weight is 1140 g/mol. The molecule has 0 aromatic heterocycles. The Bertz CT molecular complexity index is 2680. The number of hydrogen-bond acceptors (Lipinski definition) is 4. The maximum atomic E-state index is 8.93. The van der Waals surface area contributed by atoms with E-state index in [1.54, 1.807) is 0 Å². The molecule has 0 aliphatic heterocycles. The van der Waals surface area contributed by atoms with E-state index >= 15 is 0 Å². The second-order valence-electron chi connectivity index (χ2n) is 26.1. The highest BCUT2D eigenvalue weighted by Crippen LogP contribution is 2.42. The first-order chi connectivity index (χ1) is 41.3. The minimum absolute atomic E-state index is 0. The summed E-state index contributed by atoms with van der Waals surface area (Å²) in [7, 11) is 0. The number of hydrogen-bond donors (Lipinski definition) is 0. The molecule has 0 heterocycles. The van der Waals surface area contributed by atoms with Gasteiger partial charge in [0.25, 0.3) is 0 Å². The smallest absolute Gasteiger partial charge is 0.0991 e. The summed E-state index contributed by atoms with van der Waals surface area (Å²) in [5.74, 6) is 6.83. The van der Waals surface area contributed by atoms with Gasteiger partial charge in [0, 0.05) is 0 Å². The summed E-state index contributed by atoms with van der Waals surface area (Å²) < 4.78 is 0. The molecule has 4 nitrogen and oxygen atoms in total. The Morgan fingerprint density at radius 2 is 0.471 bits per heavy atom. The van der Waals surface area contributed by atoms with E-state index in [0.29, 0.717) is 0 Å². The molecule has 0 amide bonds. The van der Waals surface area contributed by atoms with Crippen molar-refractivity contribution in [3.05, 3.63) is 166 Å². The largest absolute Gasteiger partial charge is 0.192 e. The van der Waals surface area contributed by atoms with Crippen LogP contribution in [0.5, 0.6) is 0 Å². The molecule has 0 N–H and O–H groups in total. The van der Waals surface area contributed by atoms with Gasteiger partial charge in [-0.1, -0.05) is 223 Å². The SMILES string of the molecule is C.CCCC1CCC(c2ccc(C#N)cc2)CC1.CCCCCC1CCC(c2ccc(C#N)cc2)CC1.CCCCCCCC1CCC(c2ccc(-c3ccc(C#N)cc3)cc2)CC1.CCCCCCCC1CCC(c2ccc(C#N)cc2)CC1. The van der Waals surface area contributed by atoms with E-state index in [0.717, 1.165) is 69.6 Å². The van der Waals surface area contributed by atoms with Crippen LogP contribution >= 0.6 is 0 Å². The monoisotopic (exact) mass is 1140 g/mol. The topological polar surface area (TPSA) is 95.2 Å². The normalized spacial score (nSPS) is 21.6. The van der Waals surface area contributed by atoms with Crippen LogP contribution in [-0.4, -0.2) is 0 Å². The molecule has 0 bridgehead atoms. The molecule has 4 heteroatoms. The third-order valence-corrected chi connectivity index (χ3v) is 20.0. The molecule has 4 saturated carbocycles. The summed E-state index contributed by atoms with van der Waals surface area (Å²) in [4.78, 5) is 0. The van der Waals surface area contributed by atoms with Gasteiger partial charge in [0.2, 0.25) is 0 Å². The van der Waals surface area contributed by atoms with E-state index in [1.165, 1.54) is 252 Å². The van der Waals surface area contributed by atoms with E-state index in [1.807, 2.05) is 60.7 Å². The van der Waals surface area contributed by atoms with Crippen molar-refractivity contribution < 1.29 is 0 Å². The zero-order valence-electron chi connectivity index (χ0n) is 53.0. The van der Waals surface area contributed by atoms with Crippen LogP contribution < -0.4 is 0 Å². The number of nitrogens with zero attached hydrogens (tertiary/aromatic N) is 4. The van der Waals surface area contributed by atoms with Gasteiger partial charge in [-0.25, -0.2) is 0 Å². The minimum atomic E-state index is 0. The summed E-state index contributed by atoms with van der Waals surface area (Å²) >= 11 is 0. The molecule has 0 unspecified atom stereocenters. The molecule has 0 radical (unpaired) electrons. The van der Waals surface area contributed by atoms with Gasteiger partial charge in [-0.2, -0.15) is 21.0 Å². The maximum Gasteiger partial charge on any atom is 0.0991 e. The minimum Gasteiger partial charge on any atom is -0.192 e. The van der Waals surface area contributed by atoms with Gasteiger partial charge in [-0.05, 0) is 232 Å². The van der Waals surface area contributed by atoms with Crippen LogP contribution in [0.2, 0.25) is 0 Å². The molecule has 0 atom stereocenters. The van der Waals surface area contributed by atoms with Crippen LogP contribution in [0, 0.1) is 69.0 Å². The summed E-state index contributed by atoms with van der Waals surface area (Å²) in [6, 6.07) is 50.4. The van der Waals surface area contributed by atoms with Gasteiger partial charge < -0.3 is 0 Å². The standard InChI is InChI=1S/C26H33N.C20H29N.C18H25N.C16H21N.CH4/c1-2-3-4-5-6-7-21-8-12-23(13-9-21)25-16-18-26(19-17-25)24-14-10-22(20-27)11-15-24;1-2-3-4-5-6-7-17-8-12-19(13-9-17)20-14-10-18(16-21)11-15-20;1-2-3-4-5-15-6-10-17(11-7-15)18-12-8-16(14-19)9-13-18;1-2-3-13-4-8-15(9-5-13)16-10-6-14(12-17)7-11-16;/h10-11,14-19,21,23H,2-9,12-13H2,1H3;10-11,14-15,17,19H,2-9,12-13H2,1H3;8-9,12-13,15,17H,2-7,10-11H2,1H3;6-7,10-11,13,15H,2-5,8-9H2,1H3;1H4. The Hall–Kier alpha value is -5.94. The molecule has 5 aromatic rings. The van der Waals surface area contributed by atoms with Crippen LogP contribution in [-0.2, 0) is 0 Å². The first-order valence-electron chi connectivity index (χ1n) is 34.4. The Balaban J connectivity index is 0.000000209. The molecule has 4 aliphatic rings. The number of rotatable bonds is 23. The maximum absolute atomic E-state index is 8.93. The molecule has 0 saturated heterocycles. The number of nitriles is 4. The Kier molecular flexibility index (Phi) is 33.9. The lowest BCUT2D eigenvalue weighted by atomic mass is 9.77. The van der Waals surface area contributed by atoms with Crippen LogP contribution in [0.1, 0.15) is 322 Å². The van der Waals surface area contributed by atoms with Gasteiger partial charge in [0.15, 0.2) is 0 Å². The third kappa shape index (κ3) is 25.1. The van der Waals surface area contributed by atoms with Crippen molar-refractivity contribution in [1.82, 2.24) is 0 Å². The lowest BCUT2D eigenvalue weighted by Gasteiger charge is -2.29. The molecule has 85 heavy (non-hydrogen) atoms. The Morgan fingerprint density at radius 1 is 0.259 bits per heavy atom. The predicted molar refractivity (Wildman–Crippen MR) is 361 cm³/mol. The zero-order chi connectivity index (χ0) is 59.4.